The number of carboxylic acids is 1. The van der Waals surface area contributed by atoms with Crippen molar-refractivity contribution in [3.05, 3.63) is 41.4 Å². The molecule has 2 aliphatic heterocycles. The van der Waals surface area contributed by atoms with E-state index in [1.165, 1.54) is 16.7 Å². The van der Waals surface area contributed by atoms with Crippen molar-refractivity contribution in [2.24, 2.45) is 5.73 Å². The smallest absolute Gasteiger partial charge is 0.352 e. The number of hydrogen-bond acceptors (Lipinski definition) is 5. The van der Waals surface area contributed by atoms with Crippen LogP contribution >= 0.6 is 11.8 Å². The third-order valence-electron chi connectivity index (χ3n) is 4.21. The monoisotopic (exact) mass is 350 g/mol. The molecule has 1 aromatic rings. The molecule has 0 aromatic carbocycles. The Bertz CT molecular complexity index is 706. The van der Waals surface area contributed by atoms with Gasteiger partial charge in [0.05, 0.1) is 0 Å². The summed E-state index contributed by atoms with van der Waals surface area (Å²) in [6.07, 6.45) is 5.27. The van der Waals surface area contributed by atoms with Crippen LogP contribution in [-0.2, 0) is 22.6 Å². The molecule has 1 saturated heterocycles. The first-order chi connectivity index (χ1) is 11.5. The average molecular weight is 350 g/mol. The maximum absolute atomic E-state index is 11.9. The summed E-state index contributed by atoms with van der Waals surface area (Å²) in [4.78, 5) is 24.9. The Hall–Kier alpha value is -1.90. The third kappa shape index (κ3) is 3.04. The minimum absolute atomic E-state index is 0.0683. The molecule has 1 aromatic heterocycles. The van der Waals surface area contributed by atoms with Crippen molar-refractivity contribution in [2.45, 2.75) is 30.8 Å². The average Bonchev–Trinajstić information content (AvgIpc) is 2.59. The highest BCUT2D eigenvalue weighted by molar-refractivity contribution is 8.00. The first kappa shape index (κ1) is 16.9. The molecule has 3 rings (SSSR count). The van der Waals surface area contributed by atoms with Gasteiger partial charge in [-0.15, -0.1) is 11.8 Å². The van der Waals surface area contributed by atoms with Gasteiger partial charge in [-0.2, -0.15) is 0 Å². The van der Waals surface area contributed by atoms with Gasteiger partial charge in [0, 0.05) is 29.6 Å². The van der Waals surface area contributed by atoms with E-state index >= 15 is 0 Å². The van der Waals surface area contributed by atoms with Crippen LogP contribution in [0.2, 0.25) is 0 Å². The number of aliphatic carboxylic acids is 1. The fourth-order valence-electron chi connectivity index (χ4n) is 3.03. The first-order valence-electron chi connectivity index (χ1n) is 7.77. The molecule has 0 bridgehead atoms. The number of aliphatic hydroxyl groups excluding tert-OH is 1. The number of β-lactam (4-membered cyclic amide) rings is 1. The molecular formula is C16H20N3O4S+. The Morgan fingerprint density at radius 1 is 1.50 bits per heavy atom. The Kier molecular flexibility index (Phi) is 4.88. The third-order valence-corrected chi connectivity index (χ3v) is 5.57. The molecule has 0 saturated carbocycles. The van der Waals surface area contributed by atoms with Gasteiger partial charge in [-0.05, 0) is 18.9 Å². The topological polar surface area (TPSA) is 108 Å². The number of thioether (sulfide) groups is 1. The largest absolute Gasteiger partial charge is 0.477 e. The SMILES string of the molecule is NC1C(=O)N2C(C(=O)O)=C(C[n+]3cccc(CCCO)c3)CSC12. The van der Waals surface area contributed by atoms with Gasteiger partial charge in [-0.25, -0.2) is 9.36 Å². The normalized spacial score (nSPS) is 23.1. The summed E-state index contributed by atoms with van der Waals surface area (Å²) < 4.78 is 1.91. The van der Waals surface area contributed by atoms with Gasteiger partial charge in [0.15, 0.2) is 18.9 Å². The molecule has 2 unspecified atom stereocenters. The van der Waals surface area contributed by atoms with E-state index in [0.29, 0.717) is 24.3 Å². The number of pyridine rings is 1. The molecular weight excluding hydrogens is 330 g/mol. The van der Waals surface area contributed by atoms with Crippen molar-refractivity contribution in [2.75, 3.05) is 12.4 Å². The molecule has 0 aliphatic carbocycles. The standard InChI is InChI=1S/C16H19N3O4S/c17-12-14(21)19-13(16(22)23)11(9-24-15(12)19)8-18-5-1-3-10(7-18)4-2-6-20/h1,3,5,7,12,15,20H,2,4,6,8-9,17H2/p+1. The van der Waals surface area contributed by atoms with Gasteiger partial charge < -0.3 is 15.9 Å². The number of nitrogens with two attached hydrogens (primary N) is 1. The number of aliphatic hydroxyl groups is 1. The quantitative estimate of drug-likeness (QED) is 0.471. The van der Waals surface area contributed by atoms with E-state index in [1.54, 1.807) is 0 Å². The fourth-order valence-corrected chi connectivity index (χ4v) is 4.31. The van der Waals surface area contributed by atoms with E-state index < -0.39 is 12.0 Å². The van der Waals surface area contributed by atoms with E-state index in [4.69, 9.17) is 10.8 Å². The summed E-state index contributed by atoms with van der Waals surface area (Å²) in [6, 6.07) is 3.26. The summed E-state index contributed by atoms with van der Waals surface area (Å²) in [5.74, 6) is -0.881. The predicted octanol–water partition coefficient (Wildman–Crippen LogP) is -0.520. The molecule has 2 aliphatic rings. The van der Waals surface area contributed by atoms with E-state index in [9.17, 15) is 14.7 Å². The lowest BCUT2D eigenvalue weighted by molar-refractivity contribution is -0.689. The second-order valence-electron chi connectivity index (χ2n) is 5.90. The second-order valence-corrected chi connectivity index (χ2v) is 7.01. The number of hydrogen-bond donors (Lipinski definition) is 3. The maximum Gasteiger partial charge on any atom is 0.352 e. The highest BCUT2D eigenvalue weighted by atomic mass is 32.2. The van der Waals surface area contributed by atoms with Gasteiger partial charge in [-0.1, -0.05) is 0 Å². The number of carbonyl (C=O) groups is 2. The van der Waals surface area contributed by atoms with Crippen LogP contribution in [0.4, 0.5) is 0 Å². The minimum atomic E-state index is -1.09. The molecule has 1 fully saturated rings. The van der Waals surface area contributed by atoms with Gasteiger partial charge in [0.2, 0.25) is 5.91 Å². The molecule has 7 nitrogen and oxygen atoms in total. The number of rotatable bonds is 6. The van der Waals surface area contributed by atoms with Crippen LogP contribution in [0.3, 0.4) is 0 Å². The Balaban J connectivity index is 1.85. The number of carboxylic acid groups (broad SMARTS) is 1. The zero-order chi connectivity index (χ0) is 17.3. The number of carbonyl (C=O) groups excluding carboxylic acids is 1. The lowest BCUT2D eigenvalue weighted by Gasteiger charge is -2.47. The van der Waals surface area contributed by atoms with Crippen LogP contribution in [0.15, 0.2) is 35.8 Å². The molecule has 24 heavy (non-hydrogen) atoms. The highest BCUT2D eigenvalue weighted by Crippen LogP contribution is 2.39. The maximum atomic E-state index is 11.9. The summed E-state index contributed by atoms with van der Waals surface area (Å²) in [7, 11) is 0. The van der Waals surface area contributed by atoms with Crippen molar-refractivity contribution < 1.29 is 24.4 Å². The van der Waals surface area contributed by atoms with Gasteiger partial charge in [0.25, 0.3) is 0 Å². The summed E-state index contributed by atoms with van der Waals surface area (Å²) >= 11 is 1.50. The minimum Gasteiger partial charge on any atom is -0.477 e. The second kappa shape index (κ2) is 6.92. The molecule has 128 valence electrons. The van der Waals surface area contributed by atoms with Crippen molar-refractivity contribution in [1.82, 2.24) is 4.90 Å². The predicted molar refractivity (Wildman–Crippen MR) is 87.8 cm³/mol. The number of nitrogens with zero attached hydrogens (tertiary/aromatic N) is 2. The highest BCUT2D eigenvalue weighted by Gasteiger charge is 2.52. The van der Waals surface area contributed by atoms with E-state index in [0.717, 1.165) is 12.0 Å². The fraction of sp³-hybridized carbons (Fsp3) is 0.438. The van der Waals surface area contributed by atoms with Crippen LogP contribution in [-0.4, -0.2) is 50.8 Å². The number of aryl methyl sites for hydroxylation is 1. The van der Waals surface area contributed by atoms with Crippen LogP contribution in [0.25, 0.3) is 0 Å². The zero-order valence-electron chi connectivity index (χ0n) is 13.1. The lowest BCUT2D eigenvalue weighted by atomic mass is 10.0. The van der Waals surface area contributed by atoms with Crippen molar-refractivity contribution in [3.8, 4) is 0 Å². The first-order valence-corrected chi connectivity index (χ1v) is 8.82. The molecule has 4 N–H and O–H groups in total. The van der Waals surface area contributed by atoms with Gasteiger partial charge in [-0.3, -0.25) is 9.69 Å². The number of aromatic nitrogens is 1. The zero-order valence-corrected chi connectivity index (χ0v) is 13.9. The van der Waals surface area contributed by atoms with Crippen molar-refractivity contribution in [3.63, 3.8) is 0 Å². The van der Waals surface area contributed by atoms with E-state index in [-0.39, 0.29) is 23.6 Å². The molecule has 3 heterocycles. The molecule has 8 heteroatoms. The Morgan fingerprint density at radius 2 is 2.29 bits per heavy atom. The molecule has 1 amide bonds. The summed E-state index contributed by atoms with van der Waals surface area (Å²) in [5, 5.41) is 18.2. The van der Waals surface area contributed by atoms with Crippen LogP contribution in [0.5, 0.6) is 0 Å². The summed E-state index contributed by atoms with van der Waals surface area (Å²) in [6.45, 7) is 0.548. The van der Waals surface area contributed by atoms with Crippen LogP contribution in [0.1, 0.15) is 12.0 Å². The number of fused-ring (bicyclic) bond motifs is 1. The Morgan fingerprint density at radius 3 is 3.00 bits per heavy atom. The van der Waals surface area contributed by atoms with Crippen LogP contribution in [0, 0.1) is 0 Å². The van der Waals surface area contributed by atoms with Gasteiger partial charge in [0.1, 0.15) is 17.1 Å². The molecule has 2 atom stereocenters. The van der Waals surface area contributed by atoms with Crippen molar-refractivity contribution in [1.29, 1.82) is 0 Å². The Labute approximate surface area is 143 Å². The molecule has 0 spiro atoms. The van der Waals surface area contributed by atoms with Crippen molar-refractivity contribution >= 4 is 23.6 Å². The van der Waals surface area contributed by atoms with E-state index in [1.807, 2.05) is 29.1 Å². The molecule has 0 radical (unpaired) electrons. The van der Waals surface area contributed by atoms with E-state index in [2.05, 4.69) is 0 Å². The summed E-state index contributed by atoms with van der Waals surface area (Å²) in [5.41, 5.74) is 7.60. The number of amides is 1. The lowest BCUT2D eigenvalue weighted by Crippen LogP contribution is -2.68. The van der Waals surface area contributed by atoms with Gasteiger partial charge >= 0.3 is 5.97 Å². The van der Waals surface area contributed by atoms with Crippen LogP contribution < -0.4 is 10.3 Å².